The van der Waals surface area contributed by atoms with Crippen molar-refractivity contribution in [3.63, 3.8) is 0 Å². The first kappa shape index (κ1) is 25.6. The molecule has 1 aliphatic rings. The van der Waals surface area contributed by atoms with Crippen molar-refractivity contribution in [2.24, 2.45) is 10.7 Å². The molecule has 3 aromatic carbocycles. The van der Waals surface area contributed by atoms with Gasteiger partial charge in [0.25, 0.3) is 5.91 Å². The molecule has 3 aromatic rings. The van der Waals surface area contributed by atoms with Gasteiger partial charge in [0.2, 0.25) is 0 Å². The lowest BCUT2D eigenvalue weighted by atomic mass is 9.99. The number of rotatable bonds is 7. The van der Waals surface area contributed by atoms with Crippen LogP contribution < -0.4 is 16.0 Å². The molecule has 2 unspecified atom stereocenters. The fourth-order valence-electron chi connectivity index (χ4n) is 3.85. The molecule has 3 N–H and O–H groups in total. The molecular weight excluding hydrogens is 548 g/mol. The van der Waals surface area contributed by atoms with Gasteiger partial charge in [0.1, 0.15) is 0 Å². The Morgan fingerprint density at radius 3 is 2.63 bits per heavy atom. The second-order valence-corrected chi connectivity index (χ2v) is 9.87. The number of aliphatic imine (C=N–C) groups is 1. The van der Waals surface area contributed by atoms with E-state index in [1.807, 2.05) is 61.5 Å². The largest absolute Gasteiger partial charge is 0.321 e. The van der Waals surface area contributed by atoms with Crippen molar-refractivity contribution in [1.29, 1.82) is 0 Å². The van der Waals surface area contributed by atoms with Crippen molar-refractivity contribution in [2.45, 2.75) is 19.1 Å². The normalized spacial score (nSPS) is 16.4. The van der Waals surface area contributed by atoms with Crippen molar-refractivity contribution in [3.05, 3.63) is 92.9 Å². The van der Waals surface area contributed by atoms with Gasteiger partial charge < -0.3 is 5.73 Å². The number of aryl methyl sites for hydroxylation is 1. The molecule has 0 aliphatic carbocycles. The van der Waals surface area contributed by atoms with E-state index in [9.17, 15) is 9.59 Å². The molecule has 2 atom stereocenters. The van der Waals surface area contributed by atoms with Gasteiger partial charge in [-0.2, -0.15) is 12.6 Å². The fraction of sp³-hybridized carbons (Fsp3) is 0.192. The van der Waals surface area contributed by atoms with Gasteiger partial charge >= 0.3 is 0 Å². The third-order valence-corrected chi connectivity index (χ3v) is 6.83. The average Bonchev–Trinajstić information content (AvgIpc) is 2.98. The molecule has 0 spiro atoms. The van der Waals surface area contributed by atoms with Gasteiger partial charge in [0.05, 0.1) is 29.7 Å². The molecule has 180 valence electrons. The smallest absolute Gasteiger partial charge is 0.271 e. The van der Waals surface area contributed by atoms with Crippen LogP contribution in [0.2, 0.25) is 5.02 Å². The molecule has 1 aliphatic heterocycles. The summed E-state index contributed by atoms with van der Waals surface area (Å²) in [6.07, 6.45) is -1.04. The Morgan fingerprint density at radius 2 is 1.91 bits per heavy atom. The Hall–Kier alpha value is -2.49. The summed E-state index contributed by atoms with van der Waals surface area (Å²) in [6, 6.07) is 20.0. The lowest BCUT2D eigenvalue weighted by Gasteiger charge is -2.27. The first-order valence-electron chi connectivity index (χ1n) is 11.0. The molecular formula is C26H24BrClN4O2S. The summed E-state index contributed by atoms with van der Waals surface area (Å²) in [6.45, 7) is 1.82. The van der Waals surface area contributed by atoms with Crippen molar-refractivity contribution in [2.75, 3.05) is 17.2 Å². The number of Topliss-reactive ketones (excluding diaryl/α,β-unsaturated/α-hetero) is 1. The second-order valence-electron chi connectivity index (χ2n) is 8.15. The van der Waals surface area contributed by atoms with Crippen LogP contribution in [0.4, 0.5) is 11.4 Å². The van der Waals surface area contributed by atoms with Crippen LogP contribution in [-0.2, 0) is 9.59 Å². The van der Waals surface area contributed by atoms with Crippen LogP contribution in [0.15, 0.2) is 76.2 Å². The van der Waals surface area contributed by atoms with E-state index in [1.165, 1.54) is 0 Å². The van der Waals surface area contributed by atoms with Crippen LogP contribution in [0.5, 0.6) is 0 Å². The van der Waals surface area contributed by atoms with Gasteiger partial charge in [0, 0.05) is 26.4 Å². The van der Waals surface area contributed by atoms with Crippen molar-refractivity contribution in [3.8, 4) is 0 Å². The number of fused-ring (bicyclic) bond motifs is 1. The maximum Gasteiger partial charge on any atom is 0.271 e. The van der Waals surface area contributed by atoms with E-state index in [0.717, 1.165) is 15.6 Å². The van der Waals surface area contributed by atoms with Gasteiger partial charge in [-0.3, -0.25) is 24.8 Å². The summed E-state index contributed by atoms with van der Waals surface area (Å²) in [7, 11) is 0. The number of nitrogens with zero attached hydrogens (tertiary/aromatic N) is 2. The molecule has 9 heteroatoms. The summed E-state index contributed by atoms with van der Waals surface area (Å²) in [5.74, 6) is -0.363. The lowest BCUT2D eigenvalue weighted by molar-refractivity contribution is -0.121. The number of carbonyl (C=O) groups is 2. The second kappa shape index (κ2) is 11.1. The number of benzodiazepines with no additional fused rings is 1. The van der Waals surface area contributed by atoms with Crippen LogP contribution in [0.3, 0.4) is 0 Å². The first-order chi connectivity index (χ1) is 16.8. The number of hydrogen-bond acceptors (Lipinski definition) is 6. The molecule has 0 aromatic heterocycles. The maximum atomic E-state index is 14.0. The SMILES string of the molecule is Cc1ccc(Br)cc1N1C(=O)C(NCC(=O)C(N)CS)N=C(c2ccccc2)c2cc(Cl)ccc21. The minimum Gasteiger partial charge on any atom is -0.321 e. The van der Waals surface area contributed by atoms with E-state index in [1.54, 1.807) is 17.0 Å². The number of ketones is 1. The molecule has 0 saturated carbocycles. The molecule has 35 heavy (non-hydrogen) atoms. The molecule has 6 nitrogen and oxygen atoms in total. The number of halogens is 2. The Bertz CT molecular complexity index is 1300. The molecule has 4 rings (SSSR count). The Labute approximate surface area is 223 Å². The third kappa shape index (κ3) is 5.52. The number of nitrogens with one attached hydrogen (secondary N) is 1. The van der Waals surface area contributed by atoms with Crippen LogP contribution in [0, 0.1) is 6.92 Å². The highest BCUT2D eigenvalue weighted by atomic mass is 79.9. The Kier molecular flexibility index (Phi) is 8.09. The van der Waals surface area contributed by atoms with Gasteiger partial charge in [-0.05, 0) is 42.8 Å². The summed E-state index contributed by atoms with van der Waals surface area (Å²) in [5.41, 5.74) is 10.2. The number of nitrogens with two attached hydrogens (primary N) is 1. The summed E-state index contributed by atoms with van der Waals surface area (Å²) in [5, 5.41) is 3.54. The van der Waals surface area contributed by atoms with Gasteiger partial charge in [0.15, 0.2) is 11.9 Å². The van der Waals surface area contributed by atoms with Crippen molar-refractivity contribution < 1.29 is 9.59 Å². The highest BCUT2D eigenvalue weighted by molar-refractivity contribution is 9.10. The molecule has 0 fully saturated rings. The van der Waals surface area contributed by atoms with E-state index in [4.69, 9.17) is 22.3 Å². The zero-order valence-corrected chi connectivity index (χ0v) is 22.1. The van der Waals surface area contributed by atoms with Gasteiger partial charge in [-0.15, -0.1) is 0 Å². The Balaban J connectivity index is 1.91. The molecule has 0 bridgehead atoms. The van der Waals surface area contributed by atoms with Gasteiger partial charge in [-0.1, -0.05) is 63.9 Å². The zero-order chi connectivity index (χ0) is 25.1. The first-order valence-corrected chi connectivity index (χ1v) is 12.8. The van der Waals surface area contributed by atoms with Crippen molar-refractivity contribution in [1.82, 2.24) is 5.32 Å². The maximum absolute atomic E-state index is 14.0. The molecule has 1 amide bonds. The molecule has 0 saturated heterocycles. The minimum atomic E-state index is -1.04. The number of hydrogen-bond donors (Lipinski definition) is 3. The summed E-state index contributed by atoms with van der Waals surface area (Å²) < 4.78 is 0.828. The van der Waals surface area contributed by atoms with Crippen LogP contribution in [0.1, 0.15) is 16.7 Å². The third-order valence-electron chi connectivity index (χ3n) is 5.71. The van der Waals surface area contributed by atoms with E-state index >= 15 is 0 Å². The lowest BCUT2D eigenvalue weighted by Crippen LogP contribution is -2.48. The average molecular weight is 572 g/mol. The standard InChI is InChI=1S/C26H24BrClN4O2S/c1-15-7-8-17(27)11-22(15)32-21-10-9-18(28)12-19(21)24(16-5-3-2-4-6-16)31-25(26(32)34)30-13-23(33)20(29)14-35/h2-12,20,25,30,35H,13-14,29H2,1H3. The highest BCUT2D eigenvalue weighted by Gasteiger charge is 2.34. The molecule has 0 radical (unpaired) electrons. The van der Waals surface area contributed by atoms with E-state index in [0.29, 0.717) is 27.7 Å². The topological polar surface area (TPSA) is 87.8 Å². The minimum absolute atomic E-state index is 0.119. The number of amides is 1. The number of carbonyl (C=O) groups excluding carboxylic acids is 2. The van der Waals surface area contributed by atoms with Gasteiger partial charge in [-0.25, -0.2) is 0 Å². The van der Waals surface area contributed by atoms with Crippen LogP contribution in [0.25, 0.3) is 0 Å². The monoisotopic (exact) mass is 570 g/mol. The Morgan fingerprint density at radius 1 is 1.17 bits per heavy atom. The highest BCUT2D eigenvalue weighted by Crippen LogP contribution is 2.37. The summed E-state index contributed by atoms with van der Waals surface area (Å²) in [4.78, 5) is 32.9. The molecule has 1 heterocycles. The quantitative estimate of drug-likeness (QED) is 0.360. The number of thiol groups is 1. The van der Waals surface area contributed by atoms with Crippen LogP contribution in [-0.4, -0.2) is 41.9 Å². The van der Waals surface area contributed by atoms with Crippen LogP contribution >= 0.6 is 40.2 Å². The van der Waals surface area contributed by atoms with E-state index in [2.05, 4.69) is 33.9 Å². The van der Waals surface area contributed by atoms with E-state index < -0.39 is 12.2 Å². The predicted molar refractivity (Wildman–Crippen MR) is 148 cm³/mol. The number of benzene rings is 3. The zero-order valence-electron chi connectivity index (χ0n) is 18.9. The predicted octanol–water partition coefficient (Wildman–Crippen LogP) is 4.67. The fourth-order valence-corrected chi connectivity index (χ4v) is 4.57. The van der Waals surface area contributed by atoms with E-state index in [-0.39, 0.29) is 24.0 Å². The summed E-state index contributed by atoms with van der Waals surface area (Å²) >= 11 is 14.0. The van der Waals surface area contributed by atoms with Crippen molar-refractivity contribution >= 4 is 68.9 Å². The number of anilines is 2.